The summed E-state index contributed by atoms with van der Waals surface area (Å²) in [5.74, 6) is 0.433. The van der Waals surface area contributed by atoms with Crippen LogP contribution in [0.3, 0.4) is 0 Å². The van der Waals surface area contributed by atoms with Crippen LogP contribution in [-0.2, 0) is 6.54 Å². The quantitative estimate of drug-likeness (QED) is 0.840. The molecule has 0 radical (unpaired) electrons. The van der Waals surface area contributed by atoms with E-state index in [-0.39, 0.29) is 5.91 Å². The van der Waals surface area contributed by atoms with E-state index in [1.54, 1.807) is 18.3 Å². The van der Waals surface area contributed by atoms with E-state index in [4.69, 9.17) is 0 Å². The number of amides is 1. The molecule has 0 fully saturated rings. The summed E-state index contributed by atoms with van der Waals surface area (Å²) >= 11 is 1.50. The van der Waals surface area contributed by atoms with Gasteiger partial charge in [-0.1, -0.05) is 6.92 Å². The van der Waals surface area contributed by atoms with Crippen molar-refractivity contribution in [3.05, 3.63) is 34.4 Å². The molecule has 7 heteroatoms. The van der Waals surface area contributed by atoms with Gasteiger partial charge in [0.1, 0.15) is 10.8 Å². The predicted molar refractivity (Wildman–Crippen MR) is 74.1 cm³/mol. The minimum Gasteiger partial charge on any atom is -0.369 e. The van der Waals surface area contributed by atoms with Crippen LogP contribution in [-0.4, -0.2) is 27.6 Å². The number of hydrogen-bond donors (Lipinski definition) is 2. The van der Waals surface area contributed by atoms with E-state index in [1.807, 2.05) is 5.38 Å². The van der Waals surface area contributed by atoms with Gasteiger partial charge in [-0.25, -0.2) is 4.98 Å². The monoisotopic (exact) mass is 277 g/mol. The molecule has 0 unspecified atom stereocenters. The summed E-state index contributed by atoms with van der Waals surface area (Å²) in [5, 5.41) is 16.4. The van der Waals surface area contributed by atoms with Gasteiger partial charge in [0.05, 0.1) is 6.54 Å². The minimum atomic E-state index is -0.246. The van der Waals surface area contributed by atoms with Crippen LogP contribution in [0.4, 0.5) is 5.82 Å². The van der Waals surface area contributed by atoms with Gasteiger partial charge < -0.3 is 10.6 Å². The van der Waals surface area contributed by atoms with Crippen LogP contribution in [0.15, 0.2) is 23.7 Å². The van der Waals surface area contributed by atoms with E-state index in [0.29, 0.717) is 18.1 Å². The Bertz CT molecular complexity index is 511. The zero-order chi connectivity index (χ0) is 13.5. The van der Waals surface area contributed by atoms with E-state index < -0.39 is 0 Å². The highest BCUT2D eigenvalue weighted by atomic mass is 32.1. The van der Waals surface area contributed by atoms with Crippen LogP contribution in [0.25, 0.3) is 0 Å². The fourth-order valence-corrected chi connectivity index (χ4v) is 1.94. The molecule has 0 aliphatic rings. The maximum absolute atomic E-state index is 11.8. The third-order valence-electron chi connectivity index (χ3n) is 2.34. The van der Waals surface area contributed by atoms with Crippen molar-refractivity contribution < 1.29 is 4.79 Å². The minimum absolute atomic E-state index is 0.246. The Balaban J connectivity index is 1.88. The van der Waals surface area contributed by atoms with Gasteiger partial charge in [0.25, 0.3) is 5.91 Å². The van der Waals surface area contributed by atoms with E-state index in [2.05, 4.69) is 32.7 Å². The molecule has 0 aromatic carbocycles. The molecule has 2 N–H and O–H groups in total. The first-order chi connectivity index (χ1) is 9.29. The van der Waals surface area contributed by atoms with Gasteiger partial charge >= 0.3 is 0 Å². The fourth-order valence-electron chi connectivity index (χ4n) is 1.39. The second-order valence-corrected chi connectivity index (χ2v) is 4.82. The maximum Gasteiger partial charge on any atom is 0.272 e. The van der Waals surface area contributed by atoms with Crippen molar-refractivity contribution in [3.63, 3.8) is 0 Å². The molecule has 2 aromatic heterocycles. The summed E-state index contributed by atoms with van der Waals surface area (Å²) in [5.41, 5.74) is 0.304. The lowest BCUT2D eigenvalue weighted by Crippen LogP contribution is -2.24. The number of aromatic nitrogens is 3. The second-order valence-electron chi connectivity index (χ2n) is 3.84. The van der Waals surface area contributed by atoms with Crippen molar-refractivity contribution in [2.24, 2.45) is 0 Å². The average molecular weight is 277 g/mol. The predicted octanol–water partition coefficient (Wildman–Crippen LogP) is 1.68. The maximum atomic E-state index is 11.8. The third-order valence-corrected chi connectivity index (χ3v) is 3.12. The van der Waals surface area contributed by atoms with Crippen LogP contribution < -0.4 is 10.6 Å². The number of thiazole rings is 1. The molecule has 2 rings (SSSR count). The van der Waals surface area contributed by atoms with E-state index in [0.717, 1.165) is 18.0 Å². The summed E-state index contributed by atoms with van der Waals surface area (Å²) < 4.78 is 0. The van der Waals surface area contributed by atoms with Gasteiger partial charge in [0.15, 0.2) is 5.69 Å². The van der Waals surface area contributed by atoms with Gasteiger partial charge in [-0.2, -0.15) is 0 Å². The Morgan fingerprint density at radius 3 is 2.89 bits per heavy atom. The highest BCUT2D eigenvalue weighted by Gasteiger charge is 2.08. The molecular formula is C12H15N5OS. The first-order valence-electron chi connectivity index (χ1n) is 6.03. The Morgan fingerprint density at radius 1 is 1.37 bits per heavy atom. The van der Waals surface area contributed by atoms with Gasteiger partial charge in [0, 0.05) is 18.1 Å². The summed E-state index contributed by atoms with van der Waals surface area (Å²) in [6.45, 7) is 3.32. The highest BCUT2D eigenvalue weighted by molar-refractivity contribution is 7.09. The highest BCUT2D eigenvalue weighted by Crippen LogP contribution is 2.05. The van der Waals surface area contributed by atoms with Gasteiger partial charge in [-0.3, -0.25) is 4.79 Å². The zero-order valence-corrected chi connectivity index (χ0v) is 11.4. The Kier molecular flexibility index (Phi) is 4.79. The molecule has 2 aromatic rings. The van der Waals surface area contributed by atoms with E-state index in [9.17, 15) is 4.79 Å². The molecule has 100 valence electrons. The van der Waals surface area contributed by atoms with Crippen molar-refractivity contribution >= 4 is 23.1 Å². The third kappa shape index (κ3) is 3.99. The second kappa shape index (κ2) is 6.79. The van der Waals surface area contributed by atoms with Gasteiger partial charge in [0.2, 0.25) is 0 Å². The molecule has 0 bridgehead atoms. The normalized spacial score (nSPS) is 10.2. The topological polar surface area (TPSA) is 79.8 Å². The Labute approximate surface area is 115 Å². The molecule has 6 nitrogen and oxygen atoms in total. The number of carbonyl (C=O) groups excluding carboxylic acids is 1. The summed E-state index contributed by atoms with van der Waals surface area (Å²) in [6.07, 6.45) is 2.72. The molecule has 19 heavy (non-hydrogen) atoms. The number of nitrogens with zero attached hydrogens (tertiary/aromatic N) is 3. The lowest BCUT2D eigenvalue weighted by molar-refractivity contribution is 0.0945. The zero-order valence-electron chi connectivity index (χ0n) is 10.6. The van der Waals surface area contributed by atoms with Crippen molar-refractivity contribution in [2.75, 3.05) is 11.9 Å². The molecule has 1 amide bonds. The van der Waals surface area contributed by atoms with Crippen molar-refractivity contribution in [1.29, 1.82) is 0 Å². The van der Waals surface area contributed by atoms with Crippen molar-refractivity contribution in [1.82, 2.24) is 20.5 Å². The fraction of sp³-hybridized carbons (Fsp3) is 0.333. The smallest absolute Gasteiger partial charge is 0.272 e. The van der Waals surface area contributed by atoms with E-state index in [1.165, 1.54) is 11.3 Å². The molecule has 0 aliphatic heterocycles. The van der Waals surface area contributed by atoms with E-state index >= 15 is 0 Å². The van der Waals surface area contributed by atoms with Crippen LogP contribution in [0, 0.1) is 0 Å². The molecule has 0 saturated heterocycles. The first kappa shape index (κ1) is 13.4. The summed E-state index contributed by atoms with van der Waals surface area (Å²) in [4.78, 5) is 15.9. The number of rotatable bonds is 6. The number of nitrogens with one attached hydrogen (secondary N) is 2. The van der Waals surface area contributed by atoms with Crippen molar-refractivity contribution in [3.8, 4) is 0 Å². The summed E-state index contributed by atoms with van der Waals surface area (Å²) in [6, 6.07) is 3.41. The number of carbonyl (C=O) groups is 1. The van der Waals surface area contributed by atoms with Crippen LogP contribution in [0.1, 0.15) is 28.8 Å². The average Bonchev–Trinajstić information content (AvgIpc) is 2.96. The Hall–Kier alpha value is -2.02. The molecule has 2 heterocycles. The number of anilines is 1. The SMILES string of the molecule is CCCNc1ccc(C(=O)NCc2nccs2)nn1. The molecule has 0 spiro atoms. The van der Waals surface area contributed by atoms with Crippen LogP contribution in [0.5, 0.6) is 0 Å². The molecule has 0 saturated carbocycles. The van der Waals surface area contributed by atoms with Gasteiger partial charge in [-0.05, 0) is 18.6 Å². The van der Waals surface area contributed by atoms with Crippen LogP contribution >= 0.6 is 11.3 Å². The summed E-state index contributed by atoms with van der Waals surface area (Å²) in [7, 11) is 0. The lowest BCUT2D eigenvalue weighted by Gasteiger charge is -2.04. The van der Waals surface area contributed by atoms with Crippen LogP contribution in [0.2, 0.25) is 0 Å². The largest absolute Gasteiger partial charge is 0.369 e. The van der Waals surface area contributed by atoms with Gasteiger partial charge in [-0.15, -0.1) is 21.5 Å². The standard InChI is InChI=1S/C12H15N5OS/c1-2-5-13-10-4-3-9(16-17-10)12(18)15-8-11-14-6-7-19-11/h3-4,6-7H,2,5,8H2,1H3,(H,13,17)(H,15,18). The number of hydrogen-bond acceptors (Lipinski definition) is 6. The lowest BCUT2D eigenvalue weighted by atomic mass is 10.3. The molecule has 0 atom stereocenters. The van der Waals surface area contributed by atoms with Crippen molar-refractivity contribution in [2.45, 2.75) is 19.9 Å². The molecular weight excluding hydrogens is 262 g/mol. The first-order valence-corrected chi connectivity index (χ1v) is 6.91. The Morgan fingerprint density at radius 2 is 2.26 bits per heavy atom. The molecule has 0 aliphatic carbocycles.